The number of benzene rings is 2. The number of carbonyl (C=O) groups is 2. The lowest BCUT2D eigenvalue weighted by atomic mass is 10.1. The van der Waals surface area contributed by atoms with Gasteiger partial charge in [-0.25, -0.2) is 9.13 Å². The first-order valence-corrected chi connectivity index (χ1v) is 13.2. The molecule has 39 heavy (non-hydrogen) atoms. The molecule has 0 saturated carbocycles. The Morgan fingerprint density at radius 3 is 1.67 bits per heavy atom. The Balaban J connectivity index is 1.19. The average Bonchev–Trinajstić information content (AvgIpc) is 2.95. The van der Waals surface area contributed by atoms with Crippen molar-refractivity contribution in [3.05, 3.63) is 97.6 Å². The van der Waals surface area contributed by atoms with Crippen LogP contribution in [0.3, 0.4) is 0 Å². The summed E-state index contributed by atoms with van der Waals surface area (Å²) in [5, 5.41) is 12.3. The van der Waals surface area contributed by atoms with Crippen LogP contribution in [0.1, 0.15) is 12.8 Å². The number of aromatic nitrogens is 2. The van der Waals surface area contributed by atoms with Crippen molar-refractivity contribution in [2.45, 2.75) is 19.4 Å². The predicted octanol–water partition coefficient (Wildman–Crippen LogP) is 3.74. The van der Waals surface area contributed by atoms with E-state index in [1.165, 1.54) is 5.56 Å². The van der Waals surface area contributed by atoms with Gasteiger partial charge in [0.25, 0.3) is 0 Å². The second kappa shape index (κ2) is 11.8. The average molecular weight is 524 g/mol. The van der Waals surface area contributed by atoms with Gasteiger partial charge in [0.1, 0.15) is 7.05 Å². The molecule has 8 heteroatoms. The molecule has 0 fully saturated rings. The summed E-state index contributed by atoms with van der Waals surface area (Å²) in [6.07, 6.45) is 8.51. The molecule has 198 valence electrons. The highest BCUT2D eigenvalue weighted by Crippen LogP contribution is 2.47. The maximum Gasteiger partial charge on any atom is 0.305 e. The largest absolute Gasteiger partial charge is 0.481 e. The zero-order valence-electron chi connectivity index (χ0n) is 22.0. The number of para-hydroxylation sites is 4. The van der Waals surface area contributed by atoms with Gasteiger partial charge in [-0.3, -0.25) is 9.59 Å². The minimum Gasteiger partial charge on any atom is -0.481 e. The van der Waals surface area contributed by atoms with Crippen molar-refractivity contribution in [3.8, 4) is 11.1 Å². The highest BCUT2D eigenvalue weighted by molar-refractivity contribution is 5.94. The lowest BCUT2D eigenvalue weighted by Crippen LogP contribution is -2.40. The summed E-state index contributed by atoms with van der Waals surface area (Å²) >= 11 is 0. The van der Waals surface area contributed by atoms with Gasteiger partial charge >= 0.3 is 5.97 Å². The van der Waals surface area contributed by atoms with Gasteiger partial charge in [0.05, 0.1) is 35.7 Å². The molecule has 0 unspecified atom stereocenters. The molecule has 4 aromatic rings. The normalized spacial score (nSPS) is 12.0. The number of nitrogens with one attached hydrogen (secondary N) is 1. The lowest BCUT2D eigenvalue weighted by Gasteiger charge is -2.40. The SMILES string of the molecule is C[n+]1ccc(-c2cc[n+](CCNC(=O)CCN3c4ccccc4N(CCC(=O)O)c4ccccc43)cc2)cc1. The highest BCUT2D eigenvalue weighted by Gasteiger charge is 2.28. The molecule has 5 rings (SSSR count). The van der Waals surface area contributed by atoms with Crippen LogP contribution in [-0.2, 0) is 23.2 Å². The standard InChI is InChI=1S/C31H31N5O3/c1-33-17-10-24(11-18-33)25-12-19-34(20-13-25)23-16-32-30(37)14-21-35-26-6-2-4-8-28(26)36(22-15-31(38)39)29-9-5-3-7-27(29)35/h2-13,17-20H,14-16,21-23H2,1H3/p+2. The summed E-state index contributed by atoms with van der Waals surface area (Å²) in [7, 11) is 2.00. The second-order valence-corrected chi connectivity index (χ2v) is 9.60. The number of hydrogen-bond acceptors (Lipinski definition) is 4. The van der Waals surface area contributed by atoms with Crippen LogP contribution in [0.15, 0.2) is 97.6 Å². The number of carbonyl (C=O) groups excluding carboxylic acids is 1. The number of carboxylic acids is 1. The van der Waals surface area contributed by atoms with Crippen LogP contribution in [0.2, 0.25) is 0 Å². The van der Waals surface area contributed by atoms with Gasteiger partial charge in [0.15, 0.2) is 31.3 Å². The Hall–Kier alpha value is -4.72. The third-order valence-corrected chi connectivity index (χ3v) is 6.93. The van der Waals surface area contributed by atoms with E-state index in [0.717, 1.165) is 28.3 Å². The number of fused-ring (bicyclic) bond motifs is 2. The van der Waals surface area contributed by atoms with Crippen LogP contribution in [0, 0.1) is 0 Å². The van der Waals surface area contributed by atoms with E-state index in [0.29, 0.717) is 32.6 Å². The molecule has 0 atom stereocenters. The first-order chi connectivity index (χ1) is 19.0. The molecule has 1 aliphatic rings. The molecule has 0 saturated heterocycles. The van der Waals surface area contributed by atoms with E-state index in [2.05, 4.69) is 43.9 Å². The number of carboxylic acid groups (broad SMARTS) is 1. The number of anilines is 4. The fraction of sp³-hybridized carbons (Fsp3) is 0.226. The number of rotatable bonds is 10. The Bertz CT molecular complexity index is 1410. The monoisotopic (exact) mass is 523 g/mol. The van der Waals surface area contributed by atoms with E-state index in [-0.39, 0.29) is 12.3 Å². The maximum absolute atomic E-state index is 12.8. The summed E-state index contributed by atoms with van der Waals surface area (Å²) in [4.78, 5) is 28.3. The fourth-order valence-corrected chi connectivity index (χ4v) is 4.91. The van der Waals surface area contributed by atoms with E-state index in [4.69, 9.17) is 0 Å². The smallest absolute Gasteiger partial charge is 0.305 e. The van der Waals surface area contributed by atoms with Crippen LogP contribution < -0.4 is 24.3 Å². The third kappa shape index (κ3) is 6.06. The van der Waals surface area contributed by atoms with Gasteiger partial charge in [-0.05, 0) is 35.4 Å². The molecule has 0 spiro atoms. The molecule has 1 amide bonds. The fourth-order valence-electron chi connectivity index (χ4n) is 4.91. The Kier molecular flexibility index (Phi) is 7.82. The van der Waals surface area contributed by atoms with Crippen molar-refractivity contribution in [3.63, 3.8) is 0 Å². The molecule has 2 aromatic carbocycles. The van der Waals surface area contributed by atoms with Crippen molar-refractivity contribution in [1.29, 1.82) is 0 Å². The third-order valence-electron chi connectivity index (χ3n) is 6.93. The van der Waals surface area contributed by atoms with E-state index >= 15 is 0 Å². The zero-order valence-corrected chi connectivity index (χ0v) is 22.0. The first kappa shape index (κ1) is 25.9. The van der Waals surface area contributed by atoms with Crippen LogP contribution in [0.5, 0.6) is 0 Å². The molecule has 0 aliphatic carbocycles. The van der Waals surface area contributed by atoms with E-state index in [1.807, 2.05) is 84.9 Å². The van der Waals surface area contributed by atoms with Crippen molar-refractivity contribution in [1.82, 2.24) is 5.32 Å². The Morgan fingerprint density at radius 1 is 0.718 bits per heavy atom. The molecule has 2 aromatic heterocycles. The van der Waals surface area contributed by atoms with Gasteiger partial charge in [0, 0.05) is 43.8 Å². The van der Waals surface area contributed by atoms with Crippen LogP contribution in [0.4, 0.5) is 22.7 Å². The van der Waals surface area contributed by atoms with Crippen LogP contribution in [-0.4, -0.2) is 36.6 Å². The van der Waals surface area contributed by atoms with E-state index in [1.54, 1.807) is 0 Å². The molecule has 0 radical (unpaired) electrons. The minimum atomic E-state index is -0.830. The predicted molar refractivity (Wildman–Crippen MR) is 150 cm³/mol. The van der Waals surface area contributed by atoms with Gasteiger partial charge in [-0.1, -0.05) is 24.3 Å². The number of aliphatic carboxylic acids is 1. The summed E-state index contributed by atoms with van der Waals surface area (Å²) in [5.41, 5.74) is 6.15. The molecule has 1 aliphatic heterocycles. The number of amides is 1. The minimum absolute atomic E-state index is 0.00681. The second-order valence-electron chi connectivity index (χ2n) is 9.60. The molecule has 2 N–H and O–H groups in total. The van der Waals surface area contributed by atoms with Crippen LogP contribution >= 0.6 is 0 Å². The Morgan fingerprint density at radius 2 is 1.18 bits per heavy atom. The number of nitrogens with zero attached hydrogens (tertiary/aromatic N) is 4. The van der Waals surface area contributed by atoms with Crippen LogP contribution in [0.25, 0.3) is 11.1 Å². The molecule has 3 heterocycles. The molecule has 0 bridgehead atoms. The quantitative estimate of drug-likeness (QED) is 0.310. The summed E-state index contributed by atoms with van der Waals surface area (Å²) in [6.45, 7) is 2.12. The van der Waals surface area contributed by atoms with Crippen molar-refractivity contribution >= 4 is 34.6 Å². The number of aryl methyl sites for hydroxylation is 1. The van der Waals surface area contributed by atoms with E-state index < -0.39 is 5.97 Å². The van der Waals surface area contributed by atoms with E-state index in [9.17, 15) is 14.7 Å². The summed E-state index contributed by atoms with van der Waals surface area (Å²) in [6, 6.07) is 24.2. The highest BCUT2D eigenvalue weighted by atomic mass is 16.4. The summed E-state index contributed by atoms with van der Waals surface area (Å²) < 4.78 is 4.07. The maximum atomic E-state index is 12.8. The van der Waals surface area contributed by atoms with Gasteiger partial charge in [-0.15, -0.1) is 0 Å². The lowest BCUT2D eigenvalue weighted by molar-refractivity contribution is -0.694. The summed E-state index contributed by atoms with van der Waals surface area (Å²) in [5.74, 6) is -0.837. The molecular weight excluding hydrogens is 490 g/mol. The van der Waals surface area contributed by atoms with Gasteiger partial charge in [0.2, 0.25) is 5.91 Å². The van der Waals surface area contributed by atoms with Gasteiger partial charge in [-0.2, -0.15) is 0 Å². The topological polar surface area (TPSA) is 80.6 Å². The molecule has 8 nitrogen and oxygen atoms in total. The van der Waals surface area contributed by atoms with Crippen molar-refractivity contribution in [2.24, 2.45) is 7.05 Å². The molecular formula is C31H33N5O3+2. The first-order valence-electron chi connectivity index (χ1n) is 13.2. The number of pyridine rings is 2. The van der Waals surface area contributed by atoms with Crippen molar-refractivity contribution in [2.75, 3.05) is 29.4 Å². The Labute approximate surface area is 228 Å². The number of hydrogen-bond donors (Lipinski definition) is 2. The van der Waals surface area contributed by atoms with Crippen molar-refractivity contribution < 1.29 is 23.8 Å². The van der Waals surface area contributed by atoms with Gasteiger partial charge < -0.3 is 20.2 Å². The zero-order chi connectivity index (χ0) is 27.2.